The van der Waals surface area contributed by atoms with Gasteiger partial charge in [-0.1, -0.05) is 0 Å². The third-order valence-electron chi connectivity index (χ3n) is 4.02. The second-order valence-electron chi connectivity index (χ2n) is 6.75. The minimum Gasteiger partial charge on any atom is -0.481 e. The van der Waals surface area contributed by atoms with Gasteiger partial charge in [0, 0.05) is 18.5 Å². The van der Waals surface area contributed by atoms with Crippen LogP contribution < -0.4 is 10.6 Å². The number of nitrogens with one attached hydrogen (secondary N) is 2. The van der Waals surface area contributed by atoms with Gasteiger partial charge < -0.3 is 25.0 Å². The lowest BCUT2D eigenvalue weighted by Crippen LogP contribution is -2.61. The highest BCUT2D eigenvalue weighted by atomic mass is 16.5. The summed E-state index contributed by atoms with van der Waals surface area (Å²) in [6, 6.07) is -2.86. The molecule has 1 amide bonds. The van der Waals surface area contributed by atoms with Gasteiger partial charge in [-0.25, -0.2) is 4.79 Å². The van der Waals surface area contributed by atoms with Gasteiger partial charge in [0.25, 0.3) is 0 Å². The van der Waals surface area contributed by atoms with Gasteiger partial charge >= 0.3 is 17.9 Å². The van der Waals surface area contributed by atoms with Crippen LogP contribution in [0.4, 0.5) is 0 Å². The summed E-state index contributed by atoms with van der Waals surface area (Å²) in [5.41, 5.74) is 0.270. The van der Waals surface area contributed by atoms with E-state index in [0.29, 0.717) is 0 Å². The number of rotatable bonds is 10. The highest BCUT2D eigenvalue weighted by Crippen LogP contribution is 2.25. The van der Waals surface area contributed by atoms with Gasteiger partial charge in [0.1, 0.15) is 6.04 Å². The Labute approximate surface area is 163 Å². The van der Waals surface area contributed by atoms with Crippen molar-refractivity contribution in [1.29, 1.82) is 0 Å². The summed E-state index contributed by atoms with van der Waals surface area (Å²) in [6.45, 7) is 6.69. The number of carbonyl (C=O) groups excluding carboxylic acids is 2. The van der Waals surface area contributed by atoms with E-state index in [2.05, 4.69) is 10.6 Å². The Morgan fingerprint density at radius 2 is 1.89 bits per heavy atom. The van der Waals surface area contributed by atoms with E-state index in [4.69, 9.17) is 14.6 Å². The van der Waals surface area contributed by atoms with Crippen molar-refractivity contribution in [2.24, 2.45) is 0 Å². The molecule has 1 unspecified atom stereocenters. The maximum absolute atomic E-state index is 12.2. The quantitative estimate of drug-likeness (QED) is 0.373. The molecule has 1 rings (SSSR count). The number of hydrogen-bond donors (Lipinski definition) is 4. The molecule has 0 aromatic heterocycles. The van der Waals surface area contributed by atoms with Crippen molar-refractivity contribution in [2.75, 3.05) is 6.61 Å². The largest absolute Gasteiger partial charge is 0.481 e. The van der Waals surface area contributed by atoms with Gasteiger partial charge in [0.15, 0.2) is 0 Å². The monoisotopic (exact) mass is 400 g/mol. The van der Waals surface area contributed by atoms with Gasteiger partial charge in [-0.05, 0) is 33.3 Å². The van der Waals surface area contributed by atoms with E-state index in [0.717, 1.165) is 0 Å². The molecule has 28 heavy (non-hydrogen) atoms. The van der Waals surface area contributed by atoms with Crippen LogP contribution in [0.3, 0.4) is 0 Å². The summed E-state index contributed by atoms with van der Waals surface area (Å²) in [5.74, 6) is -3.58. The number of amides is 1. The lowest BCUT2D eigenvalue weighted by atomic mass is 9.87. The van der Waals surface area contributed by atoms with E-state index in [1.54, 1.807) is 26.8 Å². The number of hydrogen-bond acceptors (Lipinski definition) is 7. The van der Waals surface area contributed by atoms with Crippen molar-refractivity contribution in [3.63, 3.8) is 0 Å². The molecule has 10 nitrogen and oxygen atoms in total. The fourth-order valence-corrected chi connectivity index (χ4v) is 3.01. The van der Waals surface area contributed by atoms with E-state index >= 15 is 0 Å². The Kier molecular flexibility index (Phi) is 9.07. The third-order valence-corrected chi connectivity index (χ3v) is 4.02. The van der Waals surface area contributed by atoms with E-state index in [1.165, 1.54) is 6.92 Å². The minimum atomic E-state index is -1.40. The number of esters is 1. The molecular formula is C18H28N2O8. The first-order valence-electron chi connectivity index (χ1n) is 9.06. The number of carbonyl (C=O) groups is 4. The van der Waals surface area contributed by atoms with Crippen LogP contribution in [-0.2, 0) is 28.7 Å². The average Bonchev–Trinajstić information content (AvgIpc) is 2.55. The van der Waals surface area contributed by atoms with Crippen LogP contribution in [0, 0.1) is 0 Å². The van der Waals surface area contributed by atoms with Gasteiger partial charge in [-0.15, -0.1) is 0 Å². The van der Waals surface area contributed by atoms with Gasteiger partial charge in [0.2, 0.25) is 5.91 Å². The molecule has 0 heterocycles. The van der Waals surface area contributed by atoms with Crippen LogP contribution >= 0.6 is 0 Å². The summed E-state index contributed by atoms with van der Waals surface area (Å²) in [7, 11) is 0. The Balaban J connectivity index is 3.24. The number of ether oxygens (including phenoxy) is 2. The fraction of sp³-hybridized carbons (Fsp3) is 0.667. The molecular weight excluding hydrogens is 372 g/mol. The van der Waals surface area contributed by atoms with Crippen molar-refractivity contribution >= 4 is 23.8 Å². The van der Waals surface area contributed by atoms with E-state index < -0.39 is 48.6 Å². The molecule has 0 radical (unpaired) electrons. The lowest BCUT2D eigenvalue weighted by molar-refractivity contribution is -0.146. The first-order valence-corrected chi connectivity index (χ1v) is 9.06. The number of aliphatic carboxylic acids is 2. The summed E-state index contributed by atoms with van der Waals surface area (Å²) >= 11 is 0. The van der Waals surface area contributed by atoms with E-state index in [1.807, 2.05) is 0 Å². The highest BCUT2D eigenvalue weighted by Gasteiger charge is 2.39. The summed E-state index contributed by atoms with van der Waals surface area (Å²) in [4.78, 5) is 46.4. The summed E-state index contributed by atoms with van der Waals surface area (Å²) in [6.07, 6.45) is -0.0235. The van der Waals surface area contributed by atoms with Crippen LogP contribution in [0.15, 0.2) is 11.6 Å². The van der Waals surface area contributed by atoms with Crippen molar-refractivity contribution in [1.82, 2.24) is 10.6 Å². The lowest BCUT2D eigenvalue weighted by Gasteiger charge is -2.39. The van der Waals surface area contributed by atoms with Gasteiger partial charge in [-0.2, -0.15) is 0 Å². The van der Waals surface area contributed by atoms with Crippen LogP contribution in [-0.4, -0.2) is 71.0 Å². The first-order chi connectivity index (χ1) is 13.0. The number of carboxylic acid groups (broad SMARTS) is 2. The zero-order chi connectivity index (χ0) is 21.4. The molecule has 4 N–H and O–H groups in total. The maximum atomic E-state index is 12.2. The Morgan fingerprint density at radius 1 is 1.25 bits per heavy atom. The van der Waals surface area contributed by atoms with Crippen LogP contribution in [0.2, 0.25) is 0 Å². The SMILES string of the molecule is CCOC(=O)C1=C[C@@H](OC(C)C)[C@H](NC(C)=O)[C@@H](NC(CC(=O)O)C(=O)O)C1. The molecule has 1 aliphatic carbocycles. The topological polar surface area (TPSA) is 151 Å². The van der Waals surface area contributed by atoms with Crippen molar-refractivity contribution in [3.8, 4) is 0 Å². The van der Waals surface area contributed by atoms with E-state index in [9.17, 15) is 24.3 Å². The second-order valence-corrected chi connectivity index (χ2v) is 6.75. The average molecular weight is 400 g/mol. The van der Waals surface area contributed by atoms with Crippen molar-refractivity contribution in [3.05, 3.63) is 11.6 Å². The fourth-order valence-electron chi connectivity index (χ4n) is 3.01. The zero-order valence-corrected chi connectivity index (χ0v) is 16.4. The van der Waals surface area contributed by atoms with Crippen molar-refractivity contribution < 1.29 is 38.9 Å². The molecule has 4 atom stereocenters. The molecule has 0 saturated heterocycles. The number of carboxylic acids is 2. The maximum Gasteiger partial charge on any atom is 0.333 e. The zero-order valence-electron chi connectivity index (χ0n) is 16.4. The molecule has 0 aliphatic heterocycles. The predicted molar refractivity (Wildman–Crippen MR) is 97.5 cm³/mol. The van der Waals surface area contributed by atoms with Gasteiger partial charge in [0.05, 0.1) is 31.3 Å². The third kappa shape index (κ3) is 7.28. The minimum absolute atomic E-state index is 0.0468. The Morgan fingerprint density at radius 3 is 2.36 bits per heavy atom. The van der Waals surface area contributed by atoms with Gasteiger partial charge in [-0.3, -0.25) is 19.7 Å². The Bertz CT molecular complexity index is 631. The normalized spacial score (nSPS) is 22.9. The molecule has 10 heteroatoms. The standard InChI is InChI=1S/C18H28N2O8/c1-5-27-18(26)11-6-12(20-13(17(24)25)8-15(22)23)16(19-10(4)21)14(7-11)28-9(2)3/h7,9,12-14,16,20H,5-6,8H2,1-4H3,(H,19,21)(H,22,23)(H,24,25)/t12-,13?,14+,16+/m0/s1. The van der Waals surface area contributed by atoms with Crippen LogP contribution in [0.25, 0.3) is 0 Å². The van der Waals surface area contributed by atoms with Crippen molar-refractivity contribution in [2.45, 2.75) is 70.9 Å². The molecule has 0 saturated carbocycles. The molecule has 0 aromatic rings. The molecule has 1 aliphatic rings. The first kappa shape index (κ1) is 23.6. The molecule has 158 valence electrons. The second kappa shape index (κ2) is 10.8. The molecule has 0 bridgehead atoms. The molecule has 0 fully saturated rings. The van der Waals surface area contributed by atoms with Crippen LogP contribution in [0.5, 0.6) is 0 Å². The summed E-state index contributed by atoms with van der Waals surface area (Å²) in [5, 5.41) is 23.8. The molecule has 0 aromatic carbocycles. The highest BCUT2D eigenvalue weighted by molar-refractivity contribution is 5.89. The summed E-state index contributed by atoms with van der Waals surface area (Å²) < 4.78 is 10.8. The molecule has 0 spiro atoms. The van der Waals surface area contributed by atoms with Crippen LogP contribution in [0.1, 0.15) is 40.5 Å². The Hall–Kier alpha value is -2.46. The van der Waals surface area contributed by atoms with E-state index in [-0.39, 0.29) is 30.6 Å². The smallest absolute Gasteiger partial charge is 0.333 e. The predicted octanol–water partition coefficient (Wildman–Crippen LogP) is 0.0640.